The molecular weight excluding hydrogens is 364 g/mol. The van der Waals surface area contributed by atoms with Crippen LogP contribution < -0.4 is 16.2 Å². The number of benzene rings is 1. The number of aliphatic hydroxyl groups excluding tert-OH is 1. The number of aromatic amines is 1. The third kappa shape index (κ3) is 3.71. The van der Waals surface area contributed by atoms with Crippen molar-refractivity contribution in [3.63, 3.8) is 0 Å². The van der Waals surface area contributed by atoms with Crippen LogP contribution in [0.1, 0.15) is 23.6 Å². The summed E-state index contributed by atoms with van der Waals surface area (Å²) in [5.41, 5.74) is 11.4. The average molecular weight is 386 g/mol. The zero-order chi connectivity index (χ0) is 19.6. The Labute approximate surface area is 168 Å². The van der Waals surface area contributed by atoms with Crippen LogP contribution >= 0.6 is 0 Å². The van der Waals surface area contributed by atoms with Gasteiger partial charge in [-0.3, -0.25) is 4.98 Å². The molecular formula is C22H22N6O. The molecule has 0 aliphatic carbocycles. The molecule has 5 rings (SSSR count). The van der Waals surface area contributed by atoms with Crippen LogP contribution in [0.2, 0.25) is 0 Å². The smallest absolute Gasteiger partial charge is 0.140 e. The lowest BCUT2D eigenvalue weighted by Gasteiger charge is -2.12. The largest absolute Gasteiger partial charge is 0.377 e. The van der Waals surface area contributed by atoms with Gasteiger partial charge in [0.15, 0.2) is 0 Å². The molecule has 1 aromatic carbocycles. The molecule has 2 unspecified atom stereocenters. The van der Waals surface area contributed by atoms with E-state index in [0.717, 1.165) is 39.1 Å². The van der Waals surface area contributed by atoms with E-state index in [0.29, 0.717) is 13.0 Å². The van der Waals surface area contributed by atoms with E-state index >= 15 is 0 Å². The van der Waals surface area contributed by atoms with Gasteiger partial charge in [-0.15, -0.1) is 0 Å². The van der Waals surface area contributed by atoms with Crippen molar-refractivity contribution in [2.24, 2.45) is 0 Å². The van der Waals surface area contributed by atoms with Crippen LogP contribution in [0, 0.1) is 0 Å². The fourth-order valence-corrected chi connectivity index (χ4v) is 3.71. The molecule has 7 nitrogen and oxygen atoms in total. The van der Waals surface area contributed by atoms with Crippen molar-refractivity contribution in [2.75, 3.05) is 5.32 Å². The Morgan fingerprint density at radius 2 is 1.86 bits per heavy atom. The molecule has 0 radical (unpaired) electrons. The molecule has 4 heterocycles. The summed E-state index contributed by atoms with van der Waals surface area (Å²) in [7, 11) is 0. The van der Waals surface area contributed by atoms with Gasteiger partial charge in [-0.1, -0.05) is 24.3 Å². The highest BCUT2D eigenvalue weighted by Gasteiger charge is 2.22. The summed E-state index contributed by atoms with van der Waals surface area (Å²) in [4.78, 5) is 12.0. The zero-order valence-electron chi connectivity index (χ0n) is 15.8. The Kier molecular flexibility index (Phi) is 4.69. The fraction of sp³-hybridized carbons (Fsp3) is 0.182. The SMILES string of the molecule is OC1CC(c2ccc(-c3cc(NCc4ccncc4)nc4[nH]ccc34)cc2)NN1. The van der Waals surface area contributed by atoms with Gasteiger partial charge < -0.3 is 15.4 Å². The maximum Gasteiger partial charge on any atom is 0.140 e. The molecule has 7 heteroatoms. The third-order valence-corrected chi connectivity index (χ3v) is 5.26. The minimum atomic E-state index is -0.506. The first-order valence-corrected chi connectivity index (χ1v) is 9.66. The molecule has 5 N–H and O–H groups in total. The number of hydrogen-bond donors (Lipinski definition) is 5. The Bertz CT molecular complexity index is 1110. The summed E-state index contributed by atoms with van der Waals surface area (Å²) < 4.78 is 0. The molecule has 0 spiro atoms. The predicted octanol–water partition coefficient (Wildman–Crippen LogP) is 3.09. The van der Waals surface area contributed by atoms with Crippen LogP contribution in [-0.4, -0.2) is 26.3 Å². The van der Waals surface area contributed by atoms with E-state index in [9.17, 15) is 5.11 Å². The lowest BCUT2D eigenvalue weighted by Crippen LogP contribution is -2.30. The summed E-state index contributed by atoms with van der Waals surface area (Å²) >= 11 is 0. The summed E-state index contributed by atoms with van der Waals surface area (Å²) in [5.74, 6) is 0.820. The van der Waals surface area contributed by atoms with Crippen LogP contribution in [-0.2, 0) is 6.54 Å². The average Bonchev–Trinajstić information content (AvgIpc) is 3.41. The number of nitrogens with one attached hydrogen (secondary N) is 4. The van der Waals surface area contributed by atoms with Crippen LogP contribution in [0.5, 0.6) is 0 Å². The number of rotatable bonds is 5. The number of hydrogen-bond acceptors (Lipinski definition) is 6. The standard InChI is InChI=1S/C22H22N6O/c29-21-12-19(27-28-21)16-3-1-15(2-4-16)18-11-20(26-22-17(18)7-10-24-22)25-13-14-5-8-23-9-6-14/h1-11,19,21,27-29H,12-13H2,(H2,24,25,26). The first-order valence-electron chi connectivity index (χ1n) is 9.66. The van der Waals surface area contributed by atoms with Crippen molar-refractivity contribution in [3.8, 4) is 11.1 Å². The van der Waals surface area contributed by atoms with Crippen LogP contribution in [0.25, 0.3) is 22.2 Å². The van der Waals surface area contributed by atoms with E-state index in [-0.39, 0.29) is 6.04 Å². The second kappa shape index (κ2) is 7.63. The molecule has 1 fully saturated rings. The van der Waals surface area contributed by atoms with Crippen molar-refractivity contribution in [1.29, 1.82) is 0 Å². The Morgan fingerprint density at radius 3 is 2.62 bits per heavy atom. The van der Waals surface area contributed by atoms with Crippen LogP contribution in [0.15, 0.2) is 67.1 Å². The highest BCUT2D eigenvalue weighted by molar-refractivity contribution is 5.94. The van der Waals surface area contributed by atoms with Crippen molar-refractivity contribution in [2.45, 2.75) is 25.2 Å². The first-order chi connectivity index (χ1) is 14.3. The lowest BCUT2D eigenvalue weighted by atomic mass is 9.98. The molecule has 29 heavy (non-hydrogen) atoms. The number of aromatic nitrogens is 3. The molecule has 1 saturated heterocycles. The summed E-state index contributed by atoms with van der Waals surface area (Å²) in [6.45, 7) is 0.683. The molecule has 1 aliphatic heterocycles. The van der Waals surface area contributed by atoms with E-state index < -0.39 is 6.23 Å². The van der Waals surface area contributed by atoms with Crippen LogP contribution in [0.4, 0.5) is 5.82 Å². The zero-order valence-corrected chi connectivity index (χ0v) is 15.8. The van der Waals surface area contributed by atoms with Gasteiger partial charge in [0.2, 0.25) is 0 Å². The maximum absolute atomic E-state index is 9.66. The van der Waals surface area contributed by atoms with Crippen molar-refractivity contribution in [3.05, 3.63) is 78.2 Å². The summed E-state index contributed by atoms with van der Waals surface area (Å²) in [6, 6.07) is 16.7. The monoisotopic (exact) mass is 386 g/mol. The van der Waals surface area contributed by atoms with Gasteiger partial charge in [0.1, 0.15) is 17.7 Å². The molecule has 3 aromatic heterocycles. The number of fused-ring (bicyclic) bond motifs is 1. The second-order valence-electron chi connectivity index (χ2n) is 7.22. The minimum Gasteiger partial charge on any atom is -0.377 e. The minimum absolute atomic E-state index is 0.112. The maximum atomic E-state index is 9.66. The quantitative estimate of drug-likeness (QED) is 0.362. The molecule has 4 aromatic rings. The van der Waals surface area contributed by atoms with E-state index in [4.69, 9.17) is 4.98 Å². The molecule has 0 saturated carbocycles. The van der Waals surface area contributed by atoms with Crippen molar-refractivity contribution < 1.29 is 5.11 Å². The van der Waals surface area contributed by atoms with Crippen molar-refractivity contribution >= 4 is 16.9 Å². The molecule has 0 amide bonds. The Morgan fingerprint density at radius 1 is 1.03 bits per heavy atom. The number of H-pyrrole nitrogens is 1. The van der Waals surface area contributed by atoms with Gasteiger partial charge in [-0.05, 0) is 46.5 Å². The second-order valence-corrected chi connectivity index (χ2v) is 7.22. The van der Waals surface area contributed by atoms with E-state index in [1.807, 2.05) is 18.3 Å². The van der Waals surface area contributed by atoms with Gasteiger partial charge in [-0.2, -0.15) is 0 Å². The lowest BCUT2D eigenvalue weighted by molar-refractivity contribution is 0.153. The third-order valence-electron chi connectivity index (χ3n) is 5.26. The van der Waals surface area contributed by atoms with Crippen molar-refractivity contribution in [1.82, 2.24) is 25.8 Å². The number of nitrogens with zero attached hydrogens (tertiary/aromatic N) is 2. The van der Waals surface area contributed by atoms with Gasteiger partial charge in [-0.25, -0.2) is 15.8 Å². The van der Waals surface area contributed by atoms with Gasteiger partial charge in [0.25, 0.3) is 0 Å². The van der Waals surface area contributed by atoms with Crippen LogP contribution in [0.3, 0.4) is 0 Å². The van der Waals surface area contributed by atoms with Gasteiger partial charge in [0, 0.05) is 36.9 Å². The number of pyridine rings is 2. The molecule has 1 aliphatic rings. The van der Waals surface area contributed by atoms with E-state index in [2.05, 4.69) is 62.5 Å². The highest BCUT2D eigenvalue weighted by atomic mass is 16.3. The Balaban J connectivity index is 1.43. The fourth-order valence-electron chi connectivity index (χ4n) is 3.71. The number of aliphatic hydroxyl groups is 1. The van der Waals surface area contributed by atoms with Gasteiger partial charge >= 0.3 is 0 Å². The summed E-state index contributed by atoms with van der Waals surface area (Å²) in [6.07, 6.45) is 5.64. The number of hydrazine groups is 1. The highest BCUT2D eigenvalue weighted by Crippen LogP contribution is 2.31. The molecule has 146 valence electrons. The topological polar surface area (TPSA) is 97.9 Å². The van der Waals surface area contributed by atoms with Gasteiger partial charge in [0.05, 0.1) is 6.04 Å². The first kappa shape index (κ1) is 17.8. The Hall–Kier alpha value is -3.26. The molecule has 0 bridgehead atoms. The molecule has 2 atom stereocenters. The summed E-state index contributed by atoms with van der Waals surface area (Å²) in [5, 5.41) is 14.2. The normalized spacial score (nSPS) is 18.9. The van der Waals surface area contributed by atoms with E-state index in [1.165, 1.54) is 0 Å². The number of anilines is 1. The predicted molar refractivity (Wildman–Crippen MR) is 113 cm³/mol. The van der Waals surface area contributed by atoms with E-state index in [1.54, 1.807) is 12.4 Å².